The minimum Gasteiger partial charge on any atom is -0.396 e. The number of carbonyl (C=O) groups is 1. The van der Waals surface area contributed by atoms with Crippen LogP contribution in [0.3, 0.4) is 0 Å². The number of nitrogens with one attached hydrogen (secondary N) is 1. The van der Waals surface area contributed by atoms with Crippen molar-refractivity contribution in [2.24, 2.45) is 11.3 Å². The number of aliphatic hydroxyl groups excluding tert-OH is 1. The predicted molar refractivity (Wildman–Crippen MR) is 62.4 cm³/mol. The summed E-state index contributed by atoms with van der Waals surface area (Å²) >= 11 is 0. The van der Waals surface area contributed by atoms with Crippen LogP contribution in [-0.2, 0) is 4.79 Å². The molecule has 0 aromatic rings. The summed E-state index contributed by atoms with van der Waals surface area (Å²) in [5, 5.41) is 11.8. The number of aliphatic hydroxyl groups is 1. The van der Waals surface area contributed by atoms with E-state index in [9.17, 15) is 18.0 Å². The second-order valence-electron chi connectivity index (χ2n) is 5.45. The molecular formula is C12H19F3N2O2. The summed E-state index contributed by atoms with van der Waals surface area (Å²) in [7, 11) is 0. The lowest BCUT2D eigenvalue weighted by Crippen LogP contribution is -2.55. The van der Waals surface area contributed by atoms with Gasteiger partial charge in [-0.05, 0) is 31.7 Å². The van der Waals surface area contributed by atoms with Crippen molar-refractivity contribution in [3.8, 4) is 0 Å². The third-order valence-electron chi connectivity index (χ3n) is 4.17. The zero-order valence-corrected chi connectivity index (χ0v) is 10.7. The number of rotatable bonds is 2. The summed E-state index contributed by atoms with van der Waals surface area (Å²) in [6.07, 6.45) is -3.31. The van der Waals surface area contributed by atoms with Gasteiger partial charge in [0.2, 0.25) is 5.91 Å². The van der Waals surface area contributed by atoms with Gasteiger partial charge in [0, 0.05) is 26.2 Å². The van der Waals surface area contributed by atoms with E-state index >= 15 is 0 Å². The van der Waals surface area contributed by atoms with Crippen molar-refractivity contribution in [3.05, 3.63) is 0 Å². The van der Waals surface area contributed by atoms with Crippen molar-refractivity contribution >= 4 is 5.91 Å². The summed E-state index contributed by atoms with van der Waals surface area (Å²) < 4.78 is 39.8. The maximum absolute atomic E-state index is 13.3. The molecule has 0 radical (unpaired) electrons. The molecule has 110 valence electrons. The number of alkyl halides is 3. The highest BCUT2D eigenvalue weighted by Crippen LogP contribution is 2.44. The molecule has 0 aromatic heterocycles. The summed E-state index contributed by atoms with van der Waals surface area (Å²) in [6.45, 7) is 0.375. The number of halogens is 3. The van der Waals surface area contributed by atoms with Gasteiger partial charge in [0.25, 0.3) is 0 Å². The van der Waals surface area contributed by atoms with Crippen molar-refractivity contribution in [2.45, 2.75) is 25.4 Å². The van der Waals surface area contributed by atoms with E-state index in [4.69, 9.17) is 5.11 Å². The van der Waals surface area contributed by atoms with E-state index in [1.165, 1.54) is 4.90 Å². The van der Waals surface area contributed by atoms with Crippen molar-refractivity contribution in [1.29, 1.82) is 0 Å². The van der Waals surface area contributed by atoms with Gasteiger partial charge in [-0.3, -0.25) is 4.79 Å². The number of amides is 1. The van der Waals surface area contributed by atoms with Gasteiger partial charge in [0.05, 0.1) is 0 Å². The summed E-state index contributed by atoms with van der Waals surface area (Å²) in [4.78, 5) is 13.6. The Kier molecular flexibility index (Phi) is 4.06. The maximum atomic E-state index is 13.3. The molecule has 2 aliphatic rings. The van der Waals surface area contributed by atoms with Gasteiger partial charge in [0.1, 0.15) is 0 Å². The molecule has 0 aliphatic carbocycles. The largest absolute Gasteiger partial charge is 0.404 e. The third-order valence-corrected chi connectivity index (χ3v) is 4.17. The predicted octanol–water partition coefficient (Wildman–Crippen LogP) is 0.759. The highest BCUT2D eigenvalue weighted by atomic mass is 19.4. The Bertz CT molecular complexity index is 340. The number of nitrogens with zero attached hydrogens (tertiary/aromatic N) is 1. The Morgan fingerprint density at radius 1 is 1.47 bits per heavy atom. The lowest BCUT2D eigenvalue weighted by Gasteiger charge is -2.39. The van der Waals surface area contributed by atoms with Crippen molar-refractivity contribution < 1.29 is 23.1 Å². The molecule has 0 spiro atoms. The topological polar surface area (TPSA) is 52.6 Å². The van der Waals surface area contributed by atoms with Gasteiger partial charge in [-0.25, -0.2) is 0 Å². The quantitative estimate of drug-likeness (QED) is 0.785. The van der Waals surface area contributed by atoms with Crippen molar-refractivity contribution in [1.82, 2.24) is 10.2 Å². The van der Waals surface area contributed by atoms with Crippen LogP contribution in [0.15, 0.2) is 0 Å². The number of carbonyl (C=O) groups excluding carboxylic acids is 1. The van der Waals surface area contributed by atoms with Crippen LogP contribution in [0.2, 0.25) is 0 Å². The van der Waals surface area contributed by atoms with Crippen LogP contribution in [0.1, 0.15) is 19.3 Å². The zero-order chi connectivity index (χ0) is 14.1. The minimum absolute atomic E-state index is 0.0823. The molecule has 2 unspecified atom stereocenters. The van der Waals surface area contributed by atoms with Gasteiger partial charge < -0.3 is 15.3 Å². The van der Waals surface area contributed by atoms with Gasteiger partial charge >= 0.3 is 6.18 Å². The van der Waals surface area contributed by atoms with E-state index in [1.807, 2.05) is 0 Å². The standard InChI is InChI=1S/C12H19F3N2O2/c13-12(14,15)11(3-4-16-8-11)10(19)17-5-1-2-9(6-17)7-18/h9,16,18H,1-8H2. The normalized spacial score (nSPS) is 32.6. The molecule has 2 aliphatic heterocycles. The zero-order valence-electron chi connectivity index (χ0n) is 10.7. The van der Waals surface area contributed by atoms with Gasteiger partial charge in [-0.2, -0.15) is 13.2 Å². The molecule has 0 aromatic carbocycles. The van der Waals surface area contributed by atoms with Crippen LogP contribution >= 0.6 is 0 Å². The van der Waals surface area contributed by atoms with E-state index in [2.05, 4.69) is 5.32 Å². The first-order valence-corrected chi connectivity index (χ1v) is 6.58. The highest BCUT2D eigenvalue weighted by molar-refractivity contribution is 5.84. The number of piperidine rings is 1. The fourth-order valence-corrected chi connectivity index (χ4v) is 2.94. The first-order chi connectivity index (χ1) is 8.90. The molecule has 19 heavy (non-hydrogen) atoms. The van der Waals surface area contributed by atoms with Crippen molar-refractivity contribution in [2.75, 3.05) is 32.8 Å². The van der Waals surface area contributed by atoms with E-state index in [1.54, 1.807) is 0 Å². The Balaban J connectivity index is 2.16. The van der Waals surface area contributed by atoms with E-state index in [0.717, 1.165) is 6.42 Å². The van der Waals surface area contributed by atoms with Crippen LogP contribution in [0.4, 0.5) is 13.2 Å². The minimum atomic E-state index is -4.53. The SMILES string of the molecule is O=C(N1CCCC(CO)C1)C1(C(F)(F)F)CCNC1. The highest BCUT2D eigenvalue weighted by Gasteiger charge is 2.62. The van der Waals surface area contributed by atoms with Gasteiger partial charge in [-0.15, -0.1) is 0 Å². The fraction of sp³-hybridized carbons (Fsp3) is 0.917. The van der Waals surface area contributed by atoms with Crippen LogP contribution in [-0.4, -0.2) is 54.9 Å². The van der Waals surface area contributed by atoms with E-state index in [-0.39, 0.29) is 38.6 Å². The Morgan fingerprint density at radius 2 is 2.21 bits per heavy atom. The number of hydrogen-bond donors (Lipinski definition) is 2. The Hall–Kier alpha value is -0.820. The lowest BCUT2D eigenvalue weighted by atomic mass is 9.83. The molecule has 7 heteroatoms. The second-order valence-corrected chi connectivity index (χ2v) is 5.45. The van der Waals surface area contributed by atoms with Crippen LogP contribution < -0.4 is 5.32 Å². The average Bonchev–Trinajstić information content (AvgIpc) is 2.88. The second kappa shape index (κ2) is 5.28. The lowest BCUT2D eigenvalue weighted by molar-refractivity contribution is -0.222. The summed E-state index contributed by atoms with van der Waals surface area (Å²) in [6, 6.07) is 0. The molecule has 0 saturated carbocycles. The van der Waals surface area contributed by atoms with Crippen molar-refractivity contribution in [3.63, 3.8) is 0 Å². The fourth-order valence-electron chi connectivity index (χ4n) is 2.94. The van der Waals surface area contributed by atoms with Crippen LogP contribution in [0, 0.1) is 11.3 Å². The number of likely N-dealkylation sites (tertiary alicyclic amines) is 1. The molecule has 2 heterocycles. The number of hydrogen-bond acceptors (Lipinski definition) is 3. The Morgan fingerprint density at radius 3 is 2.74 bits per heavy atom. The monoisotopic (exact) mass is 280 g/mol. The summed E-state index contributed by atoms with van der Waals surface area (Å²) in [5.41, 5.74) is -2.27. The average molecular weight is 280 g/mol. The molecule has 2 atom stereocenters. The molecule has 2 N–H and O–H groups in total. The molecule has 2 fully saturated rings. The summed E-state index contributed by atoms with van der Waals surface area (Å²) in [5.74, 6) is -0.930. The molecule has 4 nitrogen and oxygen atoms in total. The molecule has 0 bridgehead atoms. The molecular weight excluding hydrogens is 261 g/mol. The van der Waals surface area contributed by atoms with Crippen LogP contribution in [0.25, 0.3) is 0 Å². The van der Waals surface area contributed by atoms with Gasteiger partial charge in [-0.1, -0.05) is 0 Å². The Labute approximate surface area is 110 Å². The van der Waals surface area contributed by atoms with Gasteiger partial charge in [0.15, 0.2) is 5.41 Å². The third kappa shape index (κ3) is 2.58. The first kappa shape index (κ1) is 14.6. The first-order valence-electron chi connectivity index (χ1n) is 6.58. The molecule has 2 rings (SSSR count). The van der Waals surface area contributed by atoms with E-state index < -0.39 is 17.5 Å². The maximum Gasteiger partial charge on any atom is 0.404 e. The molecule has 1 amide bonds. The van der Waals surface area contributed by atoms with E-state index in [0.29, 0.717) is 13.0 Å². The molecule has 2 saturated heterocycles. The smallest absolute Gasteiger partial charge is 0.396 e. The van der Waals surface area contributed by atoms with Crippen LogP contribution in [0.5, 0.6) is 0 Å².